The highest BCUT2D eigenvalue weighted by Gasteiger charge is 2.29. The van der Waals surface area contributed by atoms with Gasteiger partial charge in [-0.25, -0.2) is 0 Å². The van der Waals surface area contributed by atoms with E-state index in [1.54, 1.807) is 7.11 Å². The molecule has 0 aromatic heterocycles. The molecule has 0 aliphatic heterocycles. The summed E-state index contributed by atoms with van der Waals surface area (Å²) in [7, 11) is 1.66. The van der Waals surface area contributed by atoms with Crippen LogP contribution in [0.15, 0.2) is 0 Å². The van der Waals surface area contributed by atoms with Crippen molar-refractivity contribution < 1.29 is 14.6 Å². The third kappa shape index (κ3) is 4.18. The topological polar surface area (TPSA) is 49.8 Å². The van der Waals surface area contributed by atoms with Gasteiger partial charge in [0.1, 0.15) is 0 Å². The molecule has 4 nitrogen and oxygen atoms in total. The van der Waals surface area contributed by atoms with Crippen molar-refractivity contribution in [2.45, 2.75) is 38.8 Å². The third-order valence-electron chi connectivity index (χ3n) is 3.16. The first kappa shape index (κ1) is 12.5. The Bertz CT molecular complexity index is 216. The van der Waals surface area contributed by atoms with Gasteiger partial charge in [0, 0.05) is 19.7 Å². The Balaban J connectivity index is 2.48. The first-order valence-corrected chi connectivity index (χ1v) is 5.53. The lowest BCUT2D eigenvalue weighted by Crippen LogP contribution is -2.44. The van der Waals surface area contributed by atoms with Crippen molar-refractivity contribution in [3.8, 4) is 0 Å². The first-order valence-electron chi connectivity index (χ1n) is 5.53. The van der Waals surface area contributed by atoms with E-state index in [1.807, 2.05) is 18.7 Å². The van der Waals surface area contributed by atoms with Crippen molar-refractivity contribution in [2.75, 3.05) is 20.2 Å². The van der Waals surface area contributed by atoms with E-state index in [4.69, 9.17) is 9.84 Å². The maximum Gasteiger partial charge on any atom is 0.317 e. The summed E-state index contributed by atoms with van der Waals surface area (Å²) in [4.78, 5) is 12.8. The summed E-state index contributed by atoms with van der Waals surface area (Å²) in [5, 5.41) is 8.84. The van der Waals surface area contributed by atoms with E-state index in [-0.39, 0.29) is 18.7 Å². The number of ether oxygens (including phenoxy) is 1. The lowest BCUT2D eigenvalue weighted by molar-refractivity contribution is -0.139. The summed E-state index contributed by atoms with van der Waals surface area (Å²) >= 11 is 0. The Morgan fingerprint density at radius 2 is 2.13 bits per heavy atom. The van der Waals surface area contributed by atoms with Gasteiger partial charge in [0.15, 0.2) is 0 Å². The predicted molar refractivity (Wildman–Crippen MR) is 57.9 cm³/mol. The van der Waals surface area contributed by atoms with Gasteiger partial charge in [0.05, 0.1) is 12.6 Å². The molecule has 0 aromatic carbocycles. The fourth-order valence-electron chi connectivity index (χ4n) is 1.67. The molecular formula is C11H21NO3. The number of rotatable bonds is 7. The predicted octanol–water partition coefficient (Wildman–Crippen LogP) is 1.21. The Labute approximate surface area is 91.2 Å². The van der Waals surface area contributed by atoms with Crippen LogP contribution in [0.2, 0.25) is 0 Å². The summed E-state index contributed by atoms with van der Waals surface area (Å²) in [6, 6.07) is 0.159. The molecule has 0 amide bonds. The Morgan fingerprint density at radius 3 is 2.53 bits per heavy atom. The molecule has 0 spiro atoms. The molecule has 0 aromatic rings. The van der Waals surface area contributed by atoms with Crippen LogP contribution in [0.5, 0.6) is 0 Å². The van der Waals surface area contributed by atoms with Crippen molar-refractivity contribution in [1.29, 1.82) is 0 Å². The highest BCUT2D eigenvalue weighted by Crippen LogP contribution is 2.30. The van der Waals surface area contributed by atoms with Gasteiger partial charge in [-0.05, 0) is 32.6 Å². The average molecular weight is 215 g/mol. The van der Waals surface area contributed by atoms with Gasteiger partial charge in [0.2, 0.25) is 0 Å². The summed E-state index contributed by atoms with van der Waals surface area (Å²) in [6.45, 7) is 5.01. The van der Waals surface area contributed by atoms with E-state index in [0.717, 1.165) is 6.54 Å². The van der Waals surface area contributed by atoms with Crippen molar-refractivity contribution >= 4 is 5.97 Å². The Hall–Kier alpha value is -0.610. The number of methoxy groups -OCH3 is 1. The van der Waals surface area contributed by atoms with E-state index in [2.05, 4.69) is 0 Å². The molecule has 2 unspecified atom stereocenters. The first-order chi connectivity index (χ1) is 7.04. The molecule has 2 atom stereocenters. The van der Waals surface area contributed by atoms with Crippen LogP contribution in [-0.4, -0.2) is 48.3 Å². The second-order valence-corrected chi connectivity index (χ2v) is 4.45. The van der Waals surface area contributed by atoms with E-state index in [9.17, 15) is 4.79 Å². The Kier molecular flexibility index (Phi) is 4.54. The zero-order valence-corrected chi connectivity index (χ0v) is 9.77. The number of carbonyl (C=O) groups is 1. The number of aliphatic carboxylic acids is 1. The molecule has 4 heteroatoms. The number of hydrogen-bond donors (Lipinski definition) is 1. The average Bonchev–Trinajstić information content (AvgIpc) is 2.97. The molecule has 0 heterocycles. The highest BCUT2D eigenvalue weighted by atomic mass is 16.5. The molecule has 1 fully saturated rings. The summed E-state index contributed by atoms with van der Waals surface area (Å²) in [5.74, 6) is -0.0540. The van der Waals surface area contributed by atoms with Crippen molar-refractivity contribution in [2.24, 2.45) is 5.92 Å². The van der Waals surface area contributed by atoms with Crippen LogP contribution in [0.3, 0.4) is 0 Å². The van der Waals surface area contributed by atoms with Crippen LogP contribution in [0.1, 0.15) is 26.7 Å². The molecule has 0 saturated heterocycles. The maximum atomic E-state index is 10.7. The lowest BCUT2D eigenvalue weighted by atomic mass is 10.1. The molecule has 1 aliphatic carbocycles. The van der Waals surface area contributed by atoms with Crippen LogP contribution < -0.4 is 0 Å². The number of carboxylic acids is 1. The lowest BCUT2D eigenvalue weighted by Gasteiger charge is -2.31. The molecular weight excluding hydrogens is 194 g/mol. The minimum absolute atomic E-state index is 0.0723. The van der Waals surface area contributed by atoms with Gasteiger partial charge < -0.3 is 9.84 Å². The van der Waals surface area contributed by atoms with Crippen LogP contribution in [-0.2, 0) is 9.53 Å². The van der Waals surface area contributed by atoms with Crippen LogP contribution >= 0.6 is 0 Å². The molecule has 0 bridgehead atoms. The zero-order chi connectivity index (χ0) is 11.4. The van der Waals surface area contributed by atoms with Crippen molar-refractivity contribution in [1.82, 2.24) is 4.90 Å². The molecule has 0 radical (unpaired) electrons. The molecule has 1 N–H and O–H groups in total. The second kappa shape index (κ2) is 5.47. The van der Waals surface area contributed by atoms with Crippen LogP contribution in [0.25, 0.3) is 0 Å². The smallest absolute Gasteiger partial charge is 0.317 e. The minimum atomic E-state index is -0.759. The van der Waals surface area contributed by atoms with Gasteiger partial charge in [-0.2, -0.15) is 0 Å². The monoisotopic (exact) mass is 215 g/mol. The maximum absolute atomic E-state index is 10.7. The van der Waals surface area contributed by atoms with Gasteiger partial charge in [-0.1, -0.05) is 0 Å². The number of nitrogens with zero attached hydrogens (tertiary/aromatic N) is 1. The SMILES string of the molecule is COC(C)C(C)N(CC(=O)O)CC1CC1. The van der Waals surface area contributed by atoms with Crippen LogP contribution in [0, 0.1) is 5.92 Å². The quantitative estimate of drug-likeness (QED) is 0.693. The van der Waals surface area contributed by atoms with E-state index in [0.29, 0.717) is 5.92 Å². The van der Waals surface area contributed by atoms with E-state index >= 15 is 0 Å². The molecule has 1 saturated carbocycles. The molecule has 88 valence electrons. The highest BCUT2D eigenvalue weighted by molar-refractivity contribution is 5.69. The fourth-order valence-corrected chi connectivity index (χ4v) is 1.67. The van der Waals surface area contributed by atoms with Crippen molar-refractivity contribution in [3.05, 3.63) is 0 Å². The standard InChI is InChI=1S/C11H21NO3/c1-8(9(2)15-3)12(7-11(13)14)6-10-4-5-10/h8-10H,4-7H2,1-3H3,(H,13,14). The zero-order valence-electron chi connectivity index (χ0n) is 9.77. The van der Waals surface area contributed by atoms with Gasteiger partial charge in [0.25, 0.3) is 0 Å². The van der Waals surface area contributed by atoms with E-state index in [1.165, 1.54) is 12.8 Å². The van der Waals surface area contributed by atoms with Crippen LogP contribution in [0.4, 0.5) is 0 Å². The van der Waals surface area contributed by atoms with Gasteiger partial charge in [-0.3, -0.25) is 9.69 Å². The summed E-state index contributed by atoms with van der Waals surface area (Å²) < 4.78 is 5.24. The second-order valence-electron chi connectivity index (χ2n) is 4.45. The summed E-state index contributed by atoms with van der Waals surface area (Å²) in [5.41, 5.74) is 0. The van der Waals surface area contributed by atoms with Gasteiger partial charge in [-0.15, -0.1) is 0 Å². The molecule has 1 rings (SSSR count). The normalized spacial score (nSPS) is 20.3. The fraction of sp³-hybridized carbons (Fsp3) is 0.909. The number of hydrogen-bond acceptors (Lipinski definition) is 3. The third-order valence-corrected chi connectivity index (χ3v) is 3.16. The number of carboxylic acid groups (broad SMARTS) is 1. The Morgan fingerprint density at radius 1 is 1.53 bits per heavy atom. The molecule has 15 heavy (non-hydrogen) atoms. The largest absolute Gasteiger partial charge is 0.480 e. The van der Waals surface area contributed by atoms with E-state index < -0.39 is 5.97 Å². The summed E-state index contributed by atoms with van der Waals surface area (Å²) in [6.07, 6.45) is 2.55. The van der Waals surface area contributed by atoms with Crippen molar-refractivity contribution in [3.63, 3.8) is 0 Å². The molecule has 1 aliphatic rings. The van der Waals surface area contributed by atoms with Gasteiger partial charge >= 0.3 is 5.97 Å². The minimum Gasteiger partial charge on any atom is -0.480 e.